The first-order chi connectivity index (χ1) is 12.7. The summed E-state index contributed by atoms with van der Waals surface area (Å²) in [5.41, 5.74) is 1.14. The molecule has 3 rings (SSSR count). The number of hydrogen-bond acceptors (Lipinski definition) is 6. The Morgan fingerprint density at radius 1 is 1.26 bits per heavy atom. The lowest BCUT2D eigenvalue weighted by Gasteiger charge is -2.38. The van der Waals surface area contributed by atoms with E-state index < -0.39 is 0 Å². The van der Waals surface area contributed by atoms with Crippen molar-refractivity contribution in [2.24, 2.45) is 4.99 Å². The molecule has 8 nitrogen and oxygen atoms in total. The molecule has 1 aliphatic heterocycles. The third-order valence-electron chi connectivity index (χ3n) is 4.41. The van der Waals surface area contributed by atoms with Gasteiger partial charge in [-0.05, 0) is 19.1 Å². The average Bonchev–Trinajstić information content (AvgIpc) is 3.10. The van der Waals surface area contributed by atoms with Crippen LogP contribution in [0, 0.1) is 6.92 Å². The predicted molar refractivity (Wildman–Crippen MR) is 116 cm³/mol. The van der Waals surface area contributed by atoms with Crippen LogP contribution >= 0.6 is 24.0 Å². The number of rotatable bonds is 5. The number of nitrogens with zero attached hydrogens (tertiary/aromatic N) is 5. The van der Waals surface area contributed by atoms with Gasteiger partial charge in [0.2, 0.25) is 5.89 Å². The molecule has 148 valence electrons. The lowest BCUT2D eigenvalue weighted by atomic mass is 10.2. The van der Waals surface area contributed by atoms with Gasteiger partial charge in [0, 0.05) is 46.2 Å². The third-order valence-corrected chi connectivity index (χ3v) is 4.41. The Hall–Kier alpha value is -2.04. The number of aromatic nitrogens is 2. The first kappa shape index (κ1) is 21.3. The van der Waals surface area contributed by atoms with Crippen molar-refractivity contribution < 1.29 is 9.26 Å². The van der Waals surface area contributed by atoms with Crippen LogP contribution in [0.5, 0.6) is 5.75 Å². The van der Waals surface area contributed by atoms with E-state index in [9.17, 15) is 0 Å². The smallest absolute Gasteiger partial charge is 0.228 e. The normalized spacial score (nSPS) is 14.7. The van der Waals surface area contributed by atoms with Crippen molar-refractivity contribution in [3.05, 3.63) is 36.0 Å². The maximum Gasteiger partial charge on any atom is 0.228 e. The van der Waals surface area contributed by atoms with Crippen LogP contribution in [0.4, 0.5) is 5.69 Å². The molecule has 9 heteroatoms. The Labute approximate surface area is 177 Å². The van der Waals surface area contributed by atoms with Gasteiger partial charge in [0.05, 0.1) is 12.8 Å². The van der Waals surface area contributed by atoms with E-state index in [1.54, 1.807) is 7.11 Å². The van der Waals surface area contributed by atoms with Crippen LogP contribution in [0.3, 0.4) is 0 Å². The van der Waals surface area contributed by atoms with Crippen LogP contribution < -0.4 is 15.0 Å². The average molecular weight is 486 g/mol. The number of nitrogens with one attached hydrogen (secondary N) is 1. The maximum absolute atomic E-state index is 5.48. The van der Waals surface area contributed by atoms with Crippen molar-refractivity contribution in [1.82, 2.24) is 20.4 Å². The molecule has 0 unspecified atom stereocenters. The van der Waals surface area contributed by atoms with Gasteiger partial charge in [0.25, 0.3) is 0 Å². The minimum atomic E-state index is 0. The fourth-order valence-corrected chi connectivity index (χ4v) is 3.11. The highest BCUT2D eigenvalue weighted by Gasteiger charge is 2.21. The van der Waals surface area contributed by atoms with Crippen molar-refractivity contribution in [2.75, 3.05) is 51.8 Å². The lowest BCUT2D eigenvalue weighted by molar-refractivity contribution is 0.361. The van der Waals surface area contributed by atoms with Crippen molar-refractivity contribution in [1.29, 1.82) is 0 Å². The molecule has 0 radical (unpaired) electrons. The summed E-state index contributed by atoms with van der Waals surface area (Å²) in [6.07, 6.45) is 0.682. The molecule has 0 bridgehead atoms. The van der Waals surface area contributed by atoms with Gasteiger partial charge < -0.3 is 24.4 Å². The van der Waals surface area contributed by atoms with Crippen LogP contribution in [0.15, 0.2) is 33.8 Å². The van der Waals surface area contributed by atoms with Crippen LogP contribution in [-0.2, 0) is 6.42 Å². The highest BCUT2D eigenvalue weighted by molar-refractivity contribution is 14.0. The zero-order chi connectivity index (χ0) is 18.4. The van der Waals surface area contributed by atoms with Crippen molar-refractivity contribution >= 4 is 35.6 Å². The fraction of sp³-hybridized carbons (Fsp3) is 0.500. The standard InChI is InChI=1S/C18H26N6O2.HI/c1-14-21-17(26-22-14)8-9-20-18(19-2)24-12-10-23(11-13-24)15-6-4-5-7-16(15)25-3;/h4-7H,8-13H2,1-3H3,(H,19,20);1H. The van der Waals surface area contributed by atoms with Crippen LogP contribution in [0.1, 0.15) is 11.7 Å². The van der Waals surface area contributed by atoms with Gasteiger partial charge in [-0.15, -0.1) is 24.0 Å². The second-order valence-corrected chi connectivity index (χ2v) is 6.11. The molecule has 0 spiro atoms. The largest absolute Gasteiger partial charge is 0.495 e. The van der Waals surface area contributed by atoms with Gasteiger partial charge in [0.15, 0.2) is 11.8 Å². The number of aryl methyl sites for hydroxylation is 1. The second-order valence-electron chi connectivity index (χ2n) is 6.11. The Balaban J connectivity index is 0.00000261. The van der Waals surface area contributed by atoms with E-state index in [1.165, 1.54) is 0 Å². The molecule has 0 atom stereocenters. The lowest BCUT2D eigenvalue weighted by Crippen LogP contribution is -2.52. The summed E-state index contributed by atoms with van der Waals surface area (Å²) >= 11 is 0. The minimum Gasteiger partial charge on any atom is -0.495 e. The first-order valence-electron chi connectivity index (χ1n) is 8.84. The van der Waals surface area contributed by atoms with E-state index in [0.29, 0.717) is 24.7 Å². The van der Waals surface area contributed by atoms with Gasteiger partial charge in [-0.25, -0.2) is 0 Å². The van der Waals surface area contributed by atoms with E-state index in [2.05, 4.69) is 36.3 Å². The molecule has 2 heterocycles. The number of benzene rings is 1. The van der Waals surface area contributed by atoms with E-state index in [-0.39, 0.29) is 24.0 Å². The molecular formula is C18H27IN6O2. The molecule has 1 aromatic heterocycles. The Bertz CT molecular complexity index is 743. The Kier molecular flexibility index (Phi) is 8.14. The zero-order valence-corrected chi connectivity index (χ0v) is 18.3. The molecular weight excluding hydrogens is 459 g/mol. The number of para-hydroxylation sites is 2. The van der Waals surface area contributed by atoms with Gasteiger partial charge >= 0.3 is 0 Å². The molecule has 27 heavy (non-hydrogen) atoms. The van der Waals surface area contributed by atoms with Gasteiger partial charge in [-0.3, -0.25) is 4.99 Å². The second kappa shape index (κ2) is 10.3. The summed E-state index contributed by atoms with van der Waals surface area (Å²) in [5, 5.41) is 7.18. The highest BCUT2D eigenvalue weighted by Crippen LogP contribution is 2.28. The first-order valence-corrected chi connectivity index (χ1v) is 8.84. The molecule has 0 aliphatic carbocycles. The number of guanidine groups is 1. The number of aliphatic imine (C=N–C) groups is 1. The van der Waals surface area contributed by atoms with Crippen molar-refractivity contribution in [2.45, 2.75) is 13.3 Å². The van der Waals surface area contributed by atoms with E-state index in [1.807, 2.05) is 32.2 Å². The van der Waals surface area contributed by atoms with E-state index in [4.69, 9.17) is 9.26 Å². The number of halogens is 1. The SMILES string of the molecule is CN=C(NCCc1nc(C)no1)N1CCN(c2ccccc2OC)CC1.I. The summed E-state index contributed by atoms with van der Waals surface area (Å²) in [5.74, 6) is 3.13. The monoisotopic (exact) mass is 486 g/mol. The summed E-state index contributed by atoms with van der Waals surface area (Å²) in [6.45, 7) is 6.17. The topological polar surface area (TPSA) is 79.0 Å². The number of hydrogen-bond donors (Lipinski definition) is 1. The summed E-state index contributed by atoms with van der Waals surface area (Å²) in [4.78, 5) is 13.2. The summed E-state index contributed by atoms with van der Waals surface area (Å²) in [7, 11) is 3.53. The molecule has 1 aromatic carbocycles. The predicted octanol–water partition coefficient (Wildman–Crippen LogP) is 1.94. The summed E-state index contributed by atoms with van der Waals surface area (Å²) < 4.78 is 10.6. The summed E-state index contributed by atoms with van der Waals surface area (Å²) in [6, 6.07) is 8.15. The van der Waals surface area contributed by atoms with E-state index >= 15 is 0 Å². The molecule has 1 N–H and O–H groups in total. The number of methoxy groups -OCH3 is 1. The molecule has 2 aromatic rings. The van der Waals surface area contributed by atoms with Crippen LogP contribution in [0.25, 0.3) is 0 Å². The van der Waals surface area contributed by atoms with Crippen LogP contribution in [0.2, 0.25) is 0 Å². The Morgan fingerprint density at radius 2 is 2.00 bits per heavy atom. The zero-order valence-electron chi connectivity index (χ0n) is 16.0. The van der Waals surface area contributed by atoms with Gasteiger partial charge in [-0.1, -0.05) is 17.3 Å². The van der Waals surface area contributed by atoms with Crippen molar-refractivity contribution in [3.63, 3.8) is 0 Å². The highest BCUT2D eigenvalue weighted by atomic mass is 127. The molecule has 1 saturated heterocycles. The minimum absolute atomic E-state index is 0. The number of piperazine rings is 1. The van der Waals surface area contributed by atoms with E-state index in [0.717, 1.165) is 43.6 Å². The fourth-order valence-electron chi connectivity index (χ4n) is 3.11. The molecule has 0 amide bonds. The molecule has 0 saturated carbocycles. The van der Waals surface area contributed by atoms with Gasteiger partial charge in [0.1, 0.15) is 5.75 Å². The maximum atomic E-state index is 5.48. The van der Waals surface area contributed by atoms with Crippen LogP contribution in [-0.4, -0.2) is 67.9 Å². The Morgan fingerprint density at radius 3 is 2.63 bits per heavy atom. The molecule has 1 aliphatic rings. The molecule has 1 fully saturated rings. The number of anilines is 1. The van der Waals surface area contributed by atoms with Gasteiger partial charge in [-0.2, -0.15) is 4.98 Å². The third kappa shape index (κ3) is 5.47. The number of ether oxygens (including phenoxy) is 1. The van der Waals surface area contributed by atoms with Crippen molar-refractivity contribution in [3.8, 4) is 5.75 Å². The quantitative estimate of drug-likeness (QED) is 0.393.